The number of nitrogens with zero attached hydrogens (tertiary/aromatic N) is 3. The predicted octanol–water partition coefficient (Wildman–Crippen LogP) is 1.66. The van der Waals surface area contributed by atoms with Crippen LogP contribution in [0, 0.1) is 5.82 Å². The maximum absolute atomic E-state index is 14.4. The zero-order valence-electron chi connectivity index (χ0n) is 17.0. The van der Waals surface area contributed by atoms with E-state index in [0.29, 0.717) is 12.1 Å². The van der Waals surface area contributed by atoms with Crippen LogP contribution < -0.4 is 16.0 Å². The van der Waals surface area contributed by atoms with Gasteiger partial charge in [0.15, 0.2) is 0 Å². The molecule has 2 rings (SSSR count). The van der Waals surface area contributed by atoms with E-state index in [2.05, 4.69) is 0 Å². The molecule has 1 heterocycles. The first-order chi connectivity index (χ1) is 14.5. The third kappa shape index (κ3) is 4.86. The molecule has 9 nitrogen and oxygen atoms in total. The highest BCUT2D eigenvalue weighted by molar-refractivity contribution is 7.87. The van der Waals surface area contributed by atoms with Crippen molar-refractivity contribution in [1.82, 2.24) is 18.2 Å². The van der Waals surface area contributed by atoms with Gasteiger partial charge in [0, 0.05) is 26.2 Å². The fraction of sp³-hybridized carbons (Fsp3) is 0.353. The summed E-state index contributed by atoms with van der Waals surface area (Å²) in [6.45, 7) is 3.02. The van der Waals surface area contributed by atoms with Gasteiger partial charge >= 0.3 is 22.1 Å². The molecular weight excluding hydrogens is 484 g/mol. The lowest BCUT2D eigenvalue weighted by Gasteiger charge is -2.21. The molecule has 0 saturated heterocycles. The summed E-state index contributed by atoms with van der Waals surface area (Å²) in [6, 6.07) is 0.685. The molecule has 32 heavy (non-hydrogen) atoms. The van der Waals surface area contributed by atoms with Gasteiger partial charge in [0.05, 0.1) is 16.3 Å². The van der Waals surface area contributed by atoms with Gasteiger partial charge in [-0.2, -0.15) is 25.9 Å². The minimum absolute atomic E-state index is 0.128. The molecule has 176 valence electrons. The highest BCUT2D eigenvalue weighted by atomic mass is 35.5. The van der Waals surface area contributed by atoms with Crippen molar-refractivity contribution in [2.45, 2.75) is 26.1 Å². The van der Waals surface area contributed by atoms with Crippen LogP contribution in [0.15, 0.2) is 27.8 Å². The summed E-state index contributed by atoms with van der Waals surface area (Å²) in [7, 11) is -2.47. The Morgan fingerprint density at radius 3 is 2.25 bits per heavy atom. The number of nitrogens with one attached hydrogen (secondary N) is 1. The molecule has 15 heteroatoms. The summed E-state index contributed by atoms with van der Waals surface area (Å²) >= 11 is 5.86. The van der Waals surface area contributed by atoms with Crippen molar-refractivity contribution in [3.05, 3.63) is 61.1 Å². The van der Waals surface area contributed by atoms with Crippen LogP contribution in [-0.4, -0.2) is 40.9 Å². The van der Waals surface area contributed by atoms with Gasteiger partial charge in [-0.3, -0.25) is 14.2 Å². The highest BCUT2D eigenvalue weighted by Gasteiger charge is 2.35. The standard InChI is InChI=1S/C17H17ClF4N4O5S/c1-8(2)25(4)32(30,31)23-15(28)9-5-12(10(18)6-11(9)19)26-14(27)7-13(17(20,21)22)24(3)16(26)29/h5-8H,1-4H3,(H,23,28). The van der Waals surface area contributed by atoms with Crippen LogP contribution >= 0.6 is 11.6 Å². The van der Waals surface area contributed by atoms with Gasteiger partial charge in [-0.15, -0.1) is 0 Å². The van der Waals surface area contributed by atoms with E-state index in [-0.39, 0.29) is 15.2 Å². The summed E-state index contributed by atoms with van der Waals surface area (Å²) in [5, 5.41) is -0.583. The van der Waals surface area contributed by atoms with Crippen LogP contribution in [0.5, 0.6) is 0 Å². The minimum Gasteiger partial charge on any atom is -0.292 e. The lowest BCUT2D eigenvalue weighted by molar-refractivity contribution is -0.144. The minimum atomic E-state index is -5.01. The maximum Gasteiger partial charge on any atom is 0.431 e. The Kier molecular flexibility index (Phi) is 6.92. The van der Waals surface area contributed by atoms with Crippen LogP contribution in [0.3, 0.4) is 0 Å². The molecule has 1 amide bonds. The number of aromatic nitrogens is 2. The molecule has 1 N–H and O–H groups in total. The van der Waals surface area contributed by atoms with Crippen LogP contribution in [0.25, 0.3) is 5.69 Å². The first-order valence-electron chi connectivity index (χ1n) is 8.68. The first kappa shape index (κ1) is 25.5. The molecular formula is C17H17ClF4N4O5S. The molecule has 0 spiro atoms. The maximum atomic E-state index is 14.4. The topological polar surface area (TPSA) is 110 Å². The Labute approximate surface area is 184 Å². The van der Waals surface area contributed by atoms with Crippen molar-refractivity contribution in [3.8, 4) is 5.69 Å². The summed E-state index contributed by atoms with van der Waals surface area (Å²) < 4.78 is 80.6. The number of alkyl halides is 3. The Balaban J connectivity index is 2.67. The average molecular weight is 501 g/mol. The van der Waals surface area contributed by atoms with Crippen molar-refractivity contribution in [1.29, 1.82) is 0 Å². The van der Waals surface area contributed by atoms with Crippen molar-refractivity contribution in [2.24, 2.45) is 7.05 Å². The van der Waals surface area contributed by atoms with E-state index in [4.69, 9.17) is 11.6 Å². The number of hydrogen-bond donors (Lipinski definition) is 1. The first-order valence-corrected chi connectivity index (χ1v) is 10.5. The number of halogens is 5. The second kappa shape index (κ2) is 8.67. The van der Waals surface area contributed by atoms with Gasteiger partial charge in [0.1, 0.15) is 11.5 Å². The van der Waals surface area contributed by atoms with Crippen molar-refractivity contribution < 1.29 is 30.8 Å². The van der Waals surface area contributed by atoms with E-state index in [1.54, 1.807) is 4.72 Å². The summed E-state index contributed by atoms with van der Waals surface area (Å²) in [4.78, 5) is 37.1. The molecule has 0 radical (unpaired) electrons. The lowest BCUT2D eigenvalue weighted by atomic mass is 10.1. The number of carbonyl (C=O) groups excluding carboxylic acids is 1. The fourth-order valence-corrected chi connectivity index (χ4v) is 3.80. The van der Waals surface area contributed by atoms with E-state index < -0.39 is 67.4 Å². The predicted molar refractivity (Wildman–Crippen MR) is 107 cm³/mol. The highest BCUT2D eigenvalue weighted by Crippen LogP contribution is 2.28. The summed E-state index contributed by atoms with van der Waals surface area (Å²) in [5.41, 5.74) is -6.00. The molecule has 0 fully saturated rings. The van der Waals surface area contributed by atoms with Crippen LogP contribution in [-0.2, 0) is 23.4 Å². The quantitative estimate of drug-likeness (QED) is 0.628. The zero-order valence-corrected chi connectivity index (χ0v) is 18.6. The number of amides is 1. The molecule has 0 saturated carbocycles. The van der Waals surface area contributed by atoms with E-state index in [1.807, 2.05) is 0 Å². The SMILES string of the molecule is CC(C)N(C)S(=O)(=O)NC(=O)c1cc(-n2c(=O)cc(C(F)(F)F)n(C)c2=O)c(Cl)cc1F. The van der Waals surface area contributed by atoms with E-state index in [1.165, 1.54) is 13.8 Å². The second-order valence-electron chi connectivity index (χ2n) is 6.87. The lowest BCUT2D eigenvalue weighted by Crippen LogP contribution is -2.44. The number of benzene rings is 1. The van der Waals surface area contributed by atoms with Gasteiger partial charge in [-0.1, -0.05) is 11.6 Å². The van der Waals surface area contributed by atoms with E-state index in [0.717, 1.165) is 18.4 Å². The summed E-state index contributed by atoms with van der Waals surface area (Å²) in [6.07, 6.45) is -5.01. The molecule has 0 atom stereocenters. The van der Waals surface area contributed by atoms with E-state index >= 15 is 0 Å². The fourth-order valence-electron chi connectivity index (χ4n) is 2.52. The average Bonchev–Trinajstić information content (AvgIpc) is 2.64. The zero-order chi connectivity index (χ0) is 24.8. The van der Waals surface area contributed by atoms with Crippen molar-refractivity contribution in [3.63, 3.8) is 0 Å². The monoisotopic (exact) mass is 500 g/mol. The Morgan fingerprint density at radius 1 is 1.19 bits per heavy atom. The molecule has 0 aliphatic heterocycles. The molecule has 0 aliphatic carbocycles. The molecule has 1 aromatic heterocycles. The smallest absolute Gasteiger partial charge is 0.292 e. The Bertz CT molecular complexity index is 1300. The van der Waals surface area contributed by atoms with Gasteiger partial charge in [0.25, 0.3) is 11.5 Å². The number of carbonyl (C=O) groups is 1. The molecule has 2 aromatic rings. The number of hydrogen-bond acceptors (Lipinski definition) is 5. The Morgan fingerprint density at radius 2 is 1.75 bits per heavy atom. The summed E-state index contributed by atoms with van der Waals surface area (Å²) in [5.74, 6) is -2.75. The normalized spacial score (nSPS) is 12.5. The third-order valence-corrected chi connectivity index (χ3v) is 6.39. The molecule has 1 aromatic carbocycles. The van der Waals surface area contributed by atoms with Gasteiger partial charge < -0.3 is 0 Å². The van der Waals surface area contributed by atoms with Crippen molar-refractivity contribution >= 4 is 27.7 Å². The van der Waals surface area contributed by atoms with Gasteiger partial charge in [-0.25, -0.2) is 18.5 Å². The molecule has 0 bridgehead atoms. The van der Waals surface area contributed by atoms with Crippen LogP contribution in [0.1, 0.15) is 29.9 Å². The largest absolute Gasteiger partial charge is 0.431 e. The molecule has 0 unspecified atom stereocenters. The number of rotatable bonds is 5. The third-order valence-electron chi connectivity index (χ3n) is 4.46. The Hall–Kier alpha value is -2.71. The van der Waals surface area contributed by atoms with Crippen molar-refractivity contribution in [2.75, 3.05) is 7.05 Å². The van der Waals surface area contributed by atoms with E-state index in [9.17, 15) is 40.4 Å². The van der Waals surface area contributed by atoms with Gasteiger partial charge in [0.2, 0.25) is 0 Å². The van der Waals surface area contributed by atoms with Crippen LogP contribution in [0.4, 0.5) is 17.6 Å². The molecule has 0 aliphatic rings. The van der Waals surface area contributed by atoms with Crippen LogP contribution in [0.2, 0.25) is 5.02 Å². The van der Waals surface area contributed by atoms with Gasteiger partial charge in [-0.05, 0) is 26.0 Å². The second-order valence-corrected chi connectivity index (χ2v) is 9.01.